The second kappa shape index (κ2) is 4.00. The summed E-state index contributed by atoms with van der Waals surface area (Å²) in [6, 6.07) is 0. The third-order valence-corrected chi connectivity index (χ3v) is 5.90. The number of nitrogens with zero attached hydrogens (tertiary/aromatic N) is 1. The van der Waals surface area contributed by atoms with Gasteiger partial charge >= 0.3 is 0 Å². The maximum Gasteiger partial charge on any atom is 0.225 e. The molecule has 19 heavy (non-hydrogen) atoms. The molecule has 4 bridgehead atoms. The molecular formula is C16H24N2O. The van der Waals surface area contributed by atoms with Gasteiger partial charge in [-0.3, -0.25) is 0 Å². The Morgan fingerprint density at radius 3 is 2.16 bits per heavy atom. The van der Waals surface area contributed by atoms with Crippen molar-refractivity contribution in [3.63, 3.8) is 0 Å². The largest absolute Gasteiger partial charge is 0.367 e. The summed E-state index contributed by atoms with van der Waals surface area (Å²) in [7, 11) is 0. The fraction of sp³-hybridized carbons (Fsp3) is 0.812. The minimum Gasteiger partial charge on any atom is -0.367 e. The molecule has 0 unspecified atom stereocenters. The molecule has 2 N–H and O–H groups in total. The van der Waals surface area contributed by atoms with E-state index in [0.717, 1.165) is 23.7 Å². The lowest BCUT2D eigenvalue weighted by Gasteiger charge is -2.54. The number of hydrogen-bond donors (Lipinski definition) is 1. The molecule has 5 rings (SSSR count). The smallest absolute Gasteiger partial charge is 0.225 e. The zero-order chi connectivity index (χ0) is 13.1. The molecule has 0 radical (unpaired) electrons. The summed E-state index contributed by atoms with van der Waals surface area (Å²) in [4.78, 5) is 0. The molecule has 4 fully saturated rings. The molecule has 1 aromatic heterocycles. The molecule has 3 heteroatoms. The highest BCUT2D eigenvalue weighted by molar-refractivity contribution is 5.43. The lowest BCUT2D eigenvalue weighted by molar-refractivity contribution is -0.00534. The van der Waals surface area contributed by atoms with Crippen molar-refractivity contribution in [2.75, 3.05) is 5.73 Å². The van der Waals surface area contributed by atoms with E-state index in [4.69, 9.17) is 10.3 Å². The number of nitrogen functional groups attached to an aromatic ring is 1. The molecule has 104 valence electrons. The SMILES string of the molecule is CC(C)c1c(C2C3CC4CC(C3)CC2C4)noc1N. The van der Waals surface area contributed by atoms with Crippen molar-refractivity contribution in [1.29, 1.82) is 0 Å². The van der Waals surface area contributed by atoms with Gasteiger partial charge in [0.15, 0.2) is 0 Å². The van der Waals surface area contributed by atoms with Crippen molar-refractivity contribution >= 4 is 5.88 Å². The molecule has 0 atom stereocenters. The molecule has 4 aliphatic carbocycles. The van der Waals surface area contributed by atoms with Crippen LogP contribution in [0.4, 0.5) is 5.88 Å². The fourth-order valence-corrected chi connectivity index (χ4v) is 5.52. The average Bonchev–Trinajstić information content (AvgIpc) is 2.69. The van der Waals surface area contributed by atoms with Crippen molar-refractivity contribution in [2.24, 2.45) is 23.7 Å². The summed E-state index contributed by atoms with van der Waals surface area (Å²) in [6.45, 7) is 4.39. The summed E-state index contributed by atoms with van der Waals surface area (Å²) >= 11 is 0. The molecule has 4 saturated carbocycles. The van der Waals surface area contributed by atoms with Gasteiger partial charge in [0.2, 0.25) is 5.88 Å². The van der Waals surface area contributed by atoms with E-state index in [1.165, 1.54) is 43.4 Å². The number of aromatic nitrogens is 1. The van der Waals surface area contributed by atoms with E-state index < -0.39 is 0 Å². The van der Waals surface area contributed by atoms with Gasteiger partial charge in [-0.25, -0.2) is 0 Å². The van der Waals surface area contributed by atoms with Gasteiger partial charge in [0, 0.05) is 11.5 Å². The second-order valence-electron chi connectivity index (χ2n) is 7.46. The Morgan fingerprint density at radius 2 is 1.63 bits per heavy atom. The standard InChI is InChI=1S/C16H24N2O/c1-8(2)13-15(18-19-16(13)17)14-11-4-9-3-10(6-11)7-12(14)5-9/h8-12,14H,3-7,17H2,1-2H3. The van der Waals surface area contributed by atoms with Gasteiger partial charge in [-0.05, 0) is 61.7 Å². The van der Waals surface area contributed by atoms with Crippen LogP contribution in [0.1, 0.15) is 69.0 Å². The Kier molecular flexibility index (Phi) is 2.49. The summed E-state index contributed by atoms with van der Waals surface area (Å²) in [5, 5.41) is 4.38. The molecule has 0 spiro atoms. The minimum absolute atomic E-state index is 0.415. The summed E-state index contributed by atoms with van der Waals surface area (Å²) in [5.74, 6) is 5.30. The summed E-state index contributed by atoms with van der Waals surface area (Å²) in [5.41, 5.74) is 8.41. The molecule has 3 nitrogen and oxygen atoms in total. The van der Waals surface area contributed by atoms with E-state index in [1.807, 2.05) is 0 Å². The Morgan fingerprint density at radius 1 is 1.05 bits per heavy atom. The van der Waals surface area contributed by atoms with E-state index in [9.17, 15) is 0 Å². The topological polar surface area (TPSA) is 52.0 Å². The predicted octanol–water partition coefficient (Wildman–Crippen LogP) is 3.92. The van der Waals surface area contributed by atoms with Crippen LogP contribution in [0.5, 0.6) is 0 Å². The van der Waals surface area contributed by atoms with Crippen LogP contribution in [-0.4, -0.2) is 5.16 Å². The van der Waals surface area contributed by atoms with E-state index in [0.29, 0.717) is 17.7 Å². The Hall–Kier alpha value is -0.990. The molecular weight excluding hydrogens is 236 g/mol. The van der Waals surface area contributed by atoms with E-state index in [2.05, 4.69) is 19.0 Å². The number of anilines is 1. The fourth-order valence-electron chi connectivity index (χ4n) is 5.52. The summed E-state index contributed by atoms with van der Waals surface area (Å²) < 4.78 is 5.34. The zero-order valence-electron chi connectivity index (χ0n) is 11.9. The van der Waals surface area contributed by atoms with E-state index >= 15 is 0 Å². The lowest BCUT2D eigenvalue weighted by atomic mass is 9.51. The van der Waals surface area contributed by atoms with Gasteiger partial charge in [-0.15, -0.1) is 0 Å². The number of rotatable bonds is 2. The first kappa shape index (κ1) is 11.8. The first-order valence-electron chi connectivity index (χ1n) is 7.88. The maximum atomic E-state index is 6.01. The van der Waals surface area contributed by atoms with Crippen LogP contribution in [0.15, 0.2) is 4.52 Å². The molecule has 1 aromatic rings. The van der Waals surface area contributed by atoms with Crippen LogP contribution in [0.25, 0.3) is 0 Å². The van der Waals surface area contributed by atoms with Gasteiger partial charge in [-0.1, -0.05) is 19.0 Å². The highest BCUT2D eigenvalue weighted by Crippen LogP contribution is 2.60. The molecule has 0 saturated heterocycles. The lowest BCUT2D eigenvalue weighted by Crippen LogP contribution is -2.44. The van der Waals surface area contributed by atoms with Crippen molar-refractivity contribution in [3.05, 3.63) is 11.3 Å². The minimum atomic E-state index is 0.415. The average molecular weight is 260 g/mol. The first-order valence-corrected chi connectivity index (χ1v) is 7.88. The third-order valence-electron chi connectivity index (χ3n) is 5.90. The number of nitrogens with two attached hydrogens (primary N) is 1. The van der Waals surface area contributed by atoms with Crippen LogP contribution in [-0.2, 0) is 0 Å². The van der Waals surface area contributed by atoms with Gasteiger partial charge in [0.25, 0.3) is 0 Å². The Labute approximate surface area is 114 Å². The predicted molar refractivity (Wildman–Crippen MR) is 74.8 cm³/mol. The Bertz CT molecular complexity index is 463. The molecule has 1 heterocycles. The molecule has 0 aromatic carbocycles. The highest BCUT2D eigenvalue weighted by Gasteiger charge is 2.50. The van der Waals surface area contributed by atoms with Crippen LogP contribution < -0.4 is 5.73 Å². The van der Waals surface area contributed by atoms with Gasteiger partial charge in [0.1, 0.15) is 0 Å². The van der Waals surface area contributed by atoms with E-state index in [-0.39, 0.29) is 0 Å². The normalized spacial score (nSPS) is 40.3. The Balaban J connectivity index is 1.73. The van der Waals surface area contributed by atoms with Crippen LogP contribution in [0.2, 0.25) is 0 Å². The second-order valence-corrected chi connectivity index (χ2v) is 7.46. The van der Waals surface area contributed by atoms with Crippen LogP contribution in [0.3, 0.4) is 0 Å². The van der Waals surface area contributed by atoms with Gasteiger partial charge in [-0.2, -0.15) is 0 Å². The molecule has 4 aliphatic rings. The van der Waals surface area contributed by atoms with Crippen LogP contribution >= 0.6 is 0 Å². The van der Waals surface area contributed by atoms with Crippen molar-refractivity contribution < 1.29 is 4.52 Å². The highest BCUT2D eigenvalue weighted by atomic mass is 16.5. The third kappa shape index (κ3) is 1.66. The van der Waals surface area contributed by atoms with Crippen molar-refractivity contribution in [3.8, 4) is 0 Å². The molecule has 0 amide bonds. The van der Waals surface area contributed by atoms with Crippen molar-refractivity contribution in [1.82, 2.24) is 5.16 Å². The monoisotopic (exact) mass is 260 g/mol. The van der Waals surface area contributed by atoms with Gasteiger partial charge < -0.3 is 10.3 Å². The first-order chi connectivity index (χ1) is 9.13. The van der Waals surface area contributed by atoms with E-state index in [1.54, 1.807) is 0 Å². The van der Waals surface area contributed by atoms with Crippen molar-refractivity contribution in [2.45, 2.75) is 57.8 Å². The quantitative estimate of drug-likeness (QED) is 0.876. The van der Waals surface area contributed by atoms with Crippen LogP contribution in [0, 0.1) is 23.7 Å². The number of hydrogen-bond acceptors (Lipinski definition) is 3. The maximum absolute atomic E-state index is 6.01. The summed E-state index contributed by atoms with van der Waals surface area (Å²) in [6.07, 6.45) is 7.17. The molecule has 0 aliphatic heterocycles. The zero-order valence-corrected chi connectivity index (χ0v) is 11.9. The van der Waals surface area contributed by atoms with Gasteiger partial charge in [0.05, 0.1) is 5.69 Å².